The van der Waals surface area contributed by atoms with Gasteiger partial charge in [0.15, 0.2) is 0 Å². The van der Waals surface area contributed by atoms with Crippen LogP contribution >= 0.6 is 0 Å². The van der Waals surface area contributed by atoms with E-state index < -0.39 is 9.84 Å². The van der Waals surface area contributed by atoms with E-state index >= 15 is 0 Å². The molecule has 0 aliphatic heterocycles. The second kappa shape index (κ2) is 2.84. The van der Waals surface area contributed by atoms with Crippen LogP contribution < -0.4 is 0 Å². The summed E-state index contributed by atoms with van der Waals surface area (Å²) in [4.78, 5) is 9.90. The summed E-state index contributed by atoms with van der Waals surface area (Å²) < 4.78 is 21.6. The zero-order valence-corrected chi connectivity index (χ0v) is 6.34. The molecule has 0 aromatic heterocycles. The molecule has 0 atom stereocenters. The second-order valence-electron chi connectivity index (χ2n) is 1.90. The summed E-state index contributed by atoms with van der Waals surface area (Å²) in [5.74, 6) is 0. The molecule has 0 spiro atoms. The first-order valence-corrected chi connectivity index (χ1v) is 4.34. The standard InChI is InChI=1S/C7H5O3S/c8-6-11(9,10)7-4-2-1-3-5-7/h1-5H. The van der Waals surface area contributed by atoms with Gasteiger partial charge >= 0.3 is 5.62 Å². The van der Waals surface area contributed by atoms with Gasteiger partial charge in [-0.25, -0.2) is 8.42 Å². The third-order valence-electron chi connectivity index (χ3n) is 1.16. The first kappa shape index (κ1) is 7.94. The molecule has 1 radical (unpaired) electrons. The van der Waals surface area contributed by atoms with Gasteiger partial charge in [-0.15, -0.1) is 0 Å². The van der Waals surface area contributed by atoms with E-state index in [0.29, 0.717) is 0 Å². The van der Waals surface area contributed by atoms with Gasteiger partial charge in [-0.05, 0) is 12.1 Å². The van der Waals surface area contributed by atoms with Gasteiger partial charge in [-0.1, -0.05) is 18.2 Å². The van der Waals surface area contributed by atoms with Crippen LogP contribution in [0.5, 0.6) is 0 Å². The molecule has 1 rings (SSSR count). The highest BCUT2D eigenvalue weighted by molar-refractivity contribution is 8.04. The molecule has 0 fully saturated rings. The summed E-state index contributed by atoms with van der Waals surface area (Å²) in [6.45, 7) is 0. The fourth-order valence-corrected chi connectivity index (χ4v) is 1.26. The summed E-state index contributed by atoms with van der Waals surface area (Å²) in [5, 5.41) is 0. The van der Waals surface area contributed by atoms with Gasteiger partial charge in [0, 0.05) is 0 Å². The van der Waals surface area contributed by atoms with Crippen LogP contribution in [0.3, 0.4) is 0 Å². The summed E-state index contributed by atoms with van der Waals surface area (Å²) in [5.41, 5.74) is 0.980. The monoisotopic (exact) mass is 169 g/mol. The Morgan fingerprint density at radius 1 is 1.09 bits per heavy atom. The lowest BCUT2D eigenvalue weighted by atomic mass is 10.4. The summed E-state index contributed by atoms with van der Waals surface area (Å²) in [6.07, 6.45) is 0. The van der Waals surface area contributed by atoms with Crippen LogP contribution in [0.15, 0.2) is 35.2 Å². The van der Waals surface area contributed by atoms with Crippen molar-refractivity contribution in [3.8, 4) is 0 Å². The minimum atomic E-state index is -3.80. The van der Waals surface area contributed by atoms with Crippen molar-refractivity contribution in [1.82, 2.24) is 0 Å². The number of rotatable bonds is 2. The van der Waals surface area contributed by atoms with Crippen molar-refractivity contribution in [3.05, 3.63) is 30.3 Å². The van der Waals surface area contributed by atoms with Gasteiger partial charge in [0.1, 0.15) is 0 Å². The molecular formula is C7H5O3S. The molecule has 0 saturated carbocycles. The molecule has 57 valence electrons. The van der Waals surface area contributed by atoms with E-state index in [1.165, 1.54) is 12.1 Å². The van der Waals surface area contributed by atoms with E-state index in [0.717, 1.165) is 5.62 Å². The Balaban J connectivity index is 3.24. The van der Waals surface area contributed by atoms with E-state index in [4.69, 9.17) is 0 Å². The molecule has 0 saturated heterocycles. The van der Waals surface area contributed by atoms with Crippen molar-refractivity contribution in [3.63, 3.8) is 0 Å². The highest BCUT2D eigenvalue weighted by atomic mass is 32.2. The topological polar surface area (TPSA) is 51.2 Å². The Kier molecular flexibility index (Phi) is 2.05. The zero-order chi connectivity index (χ0) is 8.32. The molecule has 3 nitrogen and oxygen atoms in total. The van der Waals surface area contributed by atoms with E-state index in [1.807, 2.05) is 0 Å². The third kappa shape index (κ3) is 1.65. The second-order valence-corrected chi connectivity index (χ2v) is 3.54. The van der Waals surface area contributed by atoms with E-state index in [1.54, 1.807) is 18.2 Å². The first-order valence-electron chi connectivity index (χ1n) is 2.86. The fraction of sp³-hybridized carbons (Fsp3) is 0. The minimum absolute atomic E-state index is 0.0185. The van der Waals surface area contributed by atoms with Gasteiger partial charge in [0.05, 0.1) is 4.90 Å². The van der Waals surface area contributed by atoms with Gasteiger partial charge in [0.2, 0.25) is 9.84 Å². The fourth-order valence-electron chi connectivity index (χ4n) is 0.648. The van der Waals surface area contributed by atoms with E-state index in [-0.39, 0.29) is 4.90 Å². The molecule has 0 amide bonds. The predicted octanol–water partition coefficient (Wildman–Crippen LogP) is 0.528. The van der Waals surface area contributed by atoms with Gasteiger partial charge in [0.25, 0.3) is 0 Å². The number of hydrogen-bond donors (Lipinski definition) is 0. The van der Waals surface area contributed by atoms with Crippen molar-refractivity contribution in [1.29, 1.82) is 0 Å². The maximum atomic E-state index is 10.8. The molecule has 0 heterocycles. The lowest BCUT2D eigenvalue weighted by Crippen LogP contribution is -2.00. The largest absolute Gasteiger partial charge is 0.333 e. The van der Waals surface area contributed by atoms with E-state index in [9.17, 15) is 13.2 Å². The van der Waals surface area contributed by atoms with Gasteiger partial charge in [-0.2, -0.15) is 0 Å². The van der Waals surface area contributed by atoms with Crippen LogP contribution in [0.25, 0.3) is 0 Å². The van der Waals surface area contributed by atoms with Crippen LogP contribution in [0.1, 0.15) is 0 Å². The zero-order valence-electron chi connectivity index (χ0n) is 5.52. The number of benzene rings is 1. The molecule has 1 aromatic carbocycles. The SMILES string of the molecule is O=[C]S(=O)(=O)c1ccccc1. The van der Waals surface area contributed by atoms with Gasteiger partial charge < -0.3 is 0 Å². The van der Waals surface area contributed by atoms with Crippen molar-refractivity contribution < 1.29 is 13.2 Å². The Labute approximate surface area is 64.6 Å². The molecule has 0 aliphatic rings. The third-order valence-corrected chi connectivity index (χ3v) is 2.28. The average Bonchev–Trinajstić information content (AvgIpc) is 2.06. The van der Waals surface area contributed by atoms with Crippen molar-refractivity contribution in [2.24, 2.45) is 0 Å². The average molecular weight is 169 g/mol. The maximum absolute atomic E-state index is 10.8. The molecule has 4 heteroatoms. The highest BCUT2D eigenvalue weighted by Gasteiger charge is 2.11. The quantitative estimate of drug-likeness (QED) is 0.648. The first-order chi connectivity index (χ1) is 5.17. The highest BCUT2D eigenvalue weighted by Crippen LogP contribution is 2.06. The number of hydrogen-bond acceptors (Lipinski definition) is 3. The van der Waals surface area contributed by atoms with Crippen molar-refractivity contribution in [2.75, 3.05) is 0 Å². The Bertz CT molecular complexity index is 339. The summed E-state index contributed by atoms with van der Waals surface area (Å²) >= 11 is 0. The molecule has 0 aliphatic carbocycles. The summed E-state index contributed by atoms with van der Waals surface area (Å²) in [7, 11) is -3.80. The normalized spacial score (nSPS) is 10.9. The van der Waals surface area contributed by atoms with E-state index in [2.05, 4.69) is 0 Å². The van der Waals surface area contributed by atoms with Crippen molar-refractivity contribution >= 4 is 15.5 Å². The van der Waals surface area contributed by atoms with Crippen LogP contribution in [-0.4, -0.2) is 14.0 Å². The maximum Gasteiger partial charge on any atom is 0.333 e. The van der Waals surface area contributed by atoms with Crippen LogP contribution in [0.4, 0.5) is 0 Å². The van der Waals surface area contributed by atoms with Crippen LogP contribution in [0.2, 0.25) is 0 Å². The number of carbonyl (C=O) groups excluding carboxylic acids is 1. The van der Waals surface area contributed by atoms with Crippen molar-refractivity contribution in [2.45, 2.75) is 4.90 Å². The molecule has 1 aromatic rings. The molecular weight excluding hydrogens is 164 g/mol. The van der Waals surface area contributed by atoms with Crippen LogP contribution in [-0.2, 0) is 14.6 Å². The minimum Gasteiger partial charge on any atom is -0.271 e. The van der Waals surface area contributed by atoms with Crippen LogP contribution in [0, 0.1) is 0 Å². The van der Waals surface area contributed by atoms with Gasteiger partial charge in [-0.3, -0.25) is 4.79 Å². The summed E-state index contributed by atoms with van der Waals surface area (Å²) in [6, 6.07) is 7.46. The number of sulfone groups is 1. The Hall–Kier alpha value is -1.16. The predicted molar refractivity (Wildman–Crippen MR) is 39.3 cm³/mol. The lowest BCUT2D eigenvalue weighted by molar-refractivity contribution is 0.556. The molecule has 0 bridgehead atoms. The molecule has 11 heavy (non-hydrogen) atoms. The Morgan fingerprint density at radius 3 is 2.09 bits per heavy atom. The smallest absolute Gasteiger partial charge is 0.271 e. The Morgan fingerprint density at radius 2 is 1.64 bits per heavy atom. The molecule has 0 N–H and O–H groups in total. The molecule has 0 unspecified atom stereocenters. The lowest BCUT2D eigenvalue weighted by Gasteiger charge is -1.91.